The topological polar surface area (TPSA) is 125 Å². The molecule has 0 saturated carbocycles. The van der Waals surface area contributed by atoms with Gasteiger partial charge < -0.3 is 15.5 Å². The van der Waals surface area contributed by atoms with Crippen molar-refractivity contribution >= 4 is 33.4 Å². The second kappa shape index (κ2) is 8.96. The van der Waals surface area contributed by atoms with Gasteiger partial charge in [0.25, 0.3) is 0 Å². The van der Waals surface area contributed by atoms with Crippen molar-refractivity contribution in [3.8, 4) is 0 Å². The first-order chi connectivity index (χ1) is 12.7. The molecular weight excluding hydrogens is 372 g/mol. The molecule has 1 saturated heterocycles. The normalized spacial score (nSPS) is 15.5. The summed E-state index contributed by atoms with van der Waals surface area (Å²) in [6, 6.07) is 5.14. The predicted molar refractivity (Wildman–Crippen MR) is 99.5 cm³/mol. The van der Waals surface area contributed by atoms with Crippen molar-refractivity contribution in [3.05, 3.63) is 24.3 Å². The molecule has 3 N–H and O–H groups in total. The zero-order valence-corrected chi connectivity index (χ0v) is 16.1. The van der Waals surface area contributed by atoms with Crippen molar-refractivity contribution in [1.29, 1.82) is 0 Å². The molecular formula is C17H24N4O5S. The highest BCUT2D eigenvalue weighted by Crippen LogP contribution is 2.22. The van der Waals surface area contributed by atoms with Crippen molar-refractivity contribution in [2.45, 2.75) is 37.6 Å². The van der Waals surface area contributed by atoms with Gasteiger partial charge in [-0.05, 0) is 44.5 Å². The van der Waals surface area contributed by atoms with Crippen LogP contribution in [0.1, 0.15) is 26.7 Å². The van der Waals surface area contributed by atoms with E-state index in [9.17, 15) is 22.8 Å². The van der Waals surface area contributed by atoms with Crippen LogP contribution >= 0.6 is 0 Å². The number of carbonyl (C=O) groups excluding carboxylic acids is 3. The molecule has 0 bridgehead atoms. The van der Waals surface area contributed by atoms with Gasteiger partial charge in [-0.15, -0.1) is 0 Å². The van der Waals surface area contributed by atoms with Gasteiger partial charge in [0, 0.05) is 25.2 Å². The minimum Gasteiger partial charge on any atom is -0.355 e. The van der Waals surface area contributed by atoms with Gasteiger partial charge in [-0.25, -0.2) is 13.1 Å². The summed E-state index contributed by atoms with van der Waals surface area (Å²) in [5.74, 6) is -0.945. The highest BCUT2D eigenvalue weighted by atomic mass is 32.2. The molecule has 9 nitrogen and oxygen atoms in total. The van der Waals surface area contributed by atoms with E-state index in [1.54, 1.807) is 24.0 Å². The van der Waals surface area contributed by atoms with Crippen LogP contribution in [-0.2, 0) is 24.4 Å². The van der Waals surface area contributed by atoms with Crippen LogP contribution < -0.4 is 20.3 Å². The molecule has 3 amide bonds. The minimum absolute atomic E-state index is 0.0116. The molecule has 0 unspecified atom stereocenters. The Bertz CT molecular complexity index is 807. The lowest BCUT2D eigenvalue weighted by atomic mass is 10.3. The largest absolute Gasteiger partial charge is 0.355 e. The van der Waals surface area contributed by atoms with Gasteiger partial charge >= 0.3 is 0 Å². The Labute approximate surface area is 158 Å². The average Bonchev–Trinajstić information content (AvgIpc) is 3.06. The number of benzene rings is 1. The summed E-state index contributed by atoms with van der Waals surface area (Å²) < 4.78 is 26.8. The monoisotopic (exact) mass is 396 g/mol. The number of nitrogens with one attached hydrogen (secondary N) is 3. The van der Waals surface area contributed by atoms with Crippen molar-refractivity contribution in [2.24, 2.45) is 0 Å². The molecule has 27 heavy (non-hydrogen) atoms. The SMILES string of the molecule is CCNC(=O)[C@@H](C)NC(=O)CNS(=O)(=O)c1ccc(N2CCCC2=O)cc1. The highest BCUT2D eigenvalue weighted by Gasteiger charge is 2.23. The lowest BCUT2D eigenvalue weighted by Crippen LogP contribution is -2.47. The van der Waals surface area contributed by atoms with E-state index in [0.29, 0.717) is 25.2 Å². The molecule has 0 aromatic heterocycles. The molecule has 1 aliphatic rings. The zero-order valence-electron chi connectivity index (χ0n) is 15.3. The molecule has 1 aromatic carbocycles. The smallest absolute Gasteiger partial charge is 0.242 e. The van der Waals surface area contributed by atoms with Crippen LogP contribution in [0.3, 0.4) is 0 Å². The zero-order chi connectivity index (χ0) is 20.0. The highest BCUT2D eigenvalue weighted by molar-refractivity contribution is 7.89. The molecule has 2 rings (SSSR count). The van der Waals surface area contributed by atoms with Gasteiger partial charge in [-0.2, -0.15) is 0 Å². The molecule has 0 radical (unpaired) electrons. The average molecular weight is 396 g/mol. The van der Waals surface area contributed by atoms with Crippen LogP contribution in [0, 0.1) is 0 Å². The van der Waals surface area contributed by atoms with E-state index >= 15 is 0 Å². The van der Waals surface area contributed by atoms with Crippen LogP contribution in [0.4, 0.5) is 5.69 Å². The molecule has 1 aliphatic heterocycles. The number of carbonyl (C=O) groups is 3. The van der Waals surface area contributed by atoms with Crippen molar-refractivity contribution in [1.82, 2.24) is 15.4 Å². The Morgan fingerprint density at radius 3 is 2.44 bits per heavy atom. The lowest BCUT2D eigenvalue weighted by Gasteiger charge is -2.16. The quantitative estimate of drug-likeness (QED) is 0.558. The summed E-state index contributed by atoms with van der Waals surface area (Å²) in [5.41, 5.74) is 0.643. The fourth-order valence-corrected chi connectivity index (χ4v) is 3.64. The maximum absolute atomic E-state index is 12.3. The summed E-state index contributed by atoms with van der Waals surface area (Å²) in [7, 11) is -3.89. The van der Waals surface area contributed by atoms with E-state index in [2.05, 4.69) is 15.4 Å². The lowest BCUT2D eigenvalue weighted by molar-refractivity contribution is -0.127. The molecule has 0 aliphatic carbocycles. The Kier molecular flexibility index (Phi) is 6.92. The van der Waals surface area contributed by atoms with E-state index in [0.717, 1.165) is 6.42 Å². The molecule has 1 heterocycles. The first kappa shape index (κ1) is 20.8. The van der Waals surface area contributed by atoms with E-state index in [-0.39, 0.29) is 16.7 Å². The molecule has 1 fully saturated rings. The number of anilines is 1. The number of hydrogen-bond acceptors (Lipinski definition) is 5. The maximum Gasteiger partial charge on any atom is 0.242 e. The standard InChI is InChI=1S/C17H24N4O5S/c1-3-18-17(24)12(2)20-15(22)11-19-27(25,26)14-8-6-13(7-9-14)21-10-4-5-16(21)23/h6-9,12,19H,3-5,10-11H2,1-2H3,(H,18,24)(H,20,22)/t12-/m1/s1. The Hall–Kier alpha value is -2.46. The number of rotatable bonds is 8. The number of hydrogen-bond donors (Lipinski definition) is 3. The molecule has 148 valence electrons. The predicted octanol–water partition coefficient (Wildman–Crippen LogP) is -0.267. The van der Waals surface area contributed by atoms with E-state index in [1.165, 1.54) is 19.1 Å². The van der Waals surface area contributed by atoms with E-state index in [1.807, 2.05) is 0 Å². The Morgan fingerprint density at radius 1 is 1.22 bits per heavy atom. The van der Waals surface area contributed by atoms with Crippen LogP contribution in [0.5, 0.6) is 0 Å². The Morgan fingerprint density at radius 2 is 1.89 bits per heavy atom. The maximum atomic E-state index is 12.3. The second-order valence-electron chi connectivity index (χ2n) is 6.15. The first-order valence-electron chi connectivity index (χ1n) is 8.71. The van der Waals surface area contributed by atoms with Crippen LogP contribution in [-0.4, -0.2) is 51.8 Å². The van der Waals surface area contributed by atoms with Gasteiger partial charge in [-0.3, -0.25) is 14.4 Å². The molecule has 0 spiro atoms. The fourth-order valence-electron chi connectivity index (χ4n) is 2.66. The van der Waals surface area contributed by atoms with Crippen LogP contribution in [0.25, 0.3) is 0 Å². The van der Waals surface area contributed by atoms with Crippen molar-refractivity contribution < 1.29 is 22.8 Å². The van der Waals surface area contributed by atoms with Crippen LogP contribution in [0.2, 0.25) is 0 Å². The third kappa shape index (κ3) is 5.51. The summed E-state index contributed by atoms with van der Waals surface area (Å²) >= 11 is 0. The summed E-state index contributed by atoms with van der Waals surface area (Å²) in [6.07, 6.45) is 1.27. The van der Waals surface area contributed by atoms with Gasteiger partial charge in [0.2, 0.25) is 27.7 Å². The van der Waals surface area contributed by atoms with E-state index in [4.69, 9.17) is 0 Å². The third-order valence-corrected chi connectivity index (χ3v) is 5.49. The van der Waals surface area contributed by atoms with Crippen molar-refractivity contribution in [2.75, 3.05) is 24.5 Å². The minimum atomic E-state index is -3.89. The number of likely N-dealkylation sites (N-methyl/N-ethyl adjacent to an activating group) is 1. The summed E-state index contributed by atoms with van der Waals surface area (Å²) in [4.78, 5) is 36.7. The molecule has 1 atom stereocenters. The molecule has 1 aromatic rings. The fraction of sp³-hybridized carbons (Fsp3) is 0.471. The molecule has 10 heteroatoms. The summed E-state index contributed by atoms with van der Waals surface area (Å²) in [6.45, 7) is 3.83. The Balaban J connectivity index is 1.93. The summed E-state index contributed by atoms with van der Waals surface area (Å²) in [5, 5.41) is 4.98. The van der Waals surface area contributed by atoms with Gasteiger partial charge in [0.05, 0.1) is 11.4 Å². The number of amides is 3. The van der Waals surface area contributed by atoms with Gasteiger partial charge in [0.1, 0.15) is 6.04 Å². The second-order valence-corrected chi connectivity index (χ2v) is 7.92. The number of sulfonamides is 1. The third-order valence-electron chi connectivity index (χ3n) is 4.08. The van der Waals surface area contributed by atoms with Crippen LogP contribution in [0.15, 0.2) is 29.2 Å². The van der Waals surface area contributed by atoms with Gasteiger partial charge in [-0.1, -0.05) is 0 Å². The van der Waals surface area contributed by atoms with Gasteiger partial charge in [0.15, 0.2) is 0 Å². The van der Waals surface area contributed by atoms with Crippen molar-refractivity contribution in [3.63, 3.8) is 0 Å². The number of nitrogens with zero attached hydrogens (tertiary/aromatic N) is 1. The van der Waals surface area contributed by atoms with E-state index < -0.39 is 28.5 Å². The first-order valence-corrected chi connectivity index (χ1v) is 10.2.